The van der Waals surface area contributed by atoms with Crippen molar-refractivity contribution in [3.8, 4) is 0 Å². The third-order valence-corrected chi connectivity index (χ3v) is 5.25. The lowest BCUT2D eigenvalue weighted by Gasteiger charge is -2.29. The molecule has 0 amide bonds. The first kappa shape index (κ1) is 20.2. The molecule has 0 unspecified atom stereocenters. The molecule has 0 radical (unpaired) electrons. The number of nitrogen functional groups attached to an aromatic ring is 1. The van der Waals surface area contributed by atoms with Crippen LogP contribution in [0.15, 0.2) is 28.8 Å². The molecule has 1 aliphatic rings. The molecule has 1 aliphatic heterocycles. The molecule has 0 saturated carbocycles. The highest BCUT2D eigenvalue weighted by Crippen LogP contribution is 2.28. The van der Waals surface area contributed by atoms with Crippen LogP contribution in [0.2, 0.25) is 0 Å². The number of hydrogen-bond acceptors (Lipinski definition) is 9. The molecule has 30 heavy (non-hydrogen) atoms. The Labute approximate surface area is 176 Å². The molecular weight excluding hydrogens is 380 g/mol. The minimum absolute atomic E-state index is 0.220. The maximum Gasteiger partial charge on any atom is 0.232 e. The van der Waals surface area contributed by atoms with Gasteiger partial charge in [0.2, 0.25) is 17.8 Å². The van der Waals surface area contributed by atoms with Crippen LogP contribution in [0.25, 0.3) is 0 Å². The first-order chi connectivity index (χ1) is 14.5. The minimum atomic E-state index is 0.220. The first-order valence-electron chi connectivity index (χ1n) is 10.4. The zero-order valence-electron chi connectivity index (χ0n) is 17.7. The van der Waals surface area contributed by atoms with Gasteiger partial charge in [-0.25, -0.2) is 0 Å². The van der Waals surface area contributed by atoms with Crippen molar-refractivity contribution >= 4 is 17.6 Å². The Kier molecular flexibility index (Phi) is 5.89. The van der Waals surface area contributed by atoms with Crippen LogP contribution in [0.4, 0.5) is 17.6 Å². The second kappa shape index (κ2) is 8.74. The summed E-state index contributed by atoms with van der Waals surface area (Å²) in [4.78, 5) is 20.0. The number of anilines is 3. The Morgan fingerprint density at radius 3 is 2.67 bits per heavy atom. The Hall–Kier alpha value is -3.07. The SMILES string of the molecule is Cc1cccc(Nc2nc(N)nc(CN3CCC(c4nc(C(C)C)no4)CC3)n2)c1. The number of nitrogens with one attached hydrogen (secondary N) is 1. The van der Waals surface area contributed by atoms with Crippen molar-refractivity contribution < 1.29 is 4.52 Å². The van der Waals surface area contributed by atoms with Gasteiger partial charge >= 0.3 is 0 Å². The summed E-state index contributed by atoms with van der Waals surface area (Å²) in [5.74, 6) is 3.47. The Morgan fingerprint density at radius 1 is 1.17 bits per heavy atom. The smallest absolute Gasteiger partial charge is 0.232 e. The molecule has 3 aromatic rings. The van der Waals surface area contributed by atoms with Gasteiger partial charge in [-0.3, -0.25) is 4.90 Å². The van der Waals surface area contributed by atoms with E-state index in [9.17, 15) is 0 Å². The predicted octanol–water partition coefficient (Wildman–Crippen LogP) is 3.39. The van der Waals surface area contributed by atoms with Gasteiger partial charge in [-0.1, -0.05) is 31.1 Å². The van der Waals surface area contributed by atoms with Gasteiger partial charge in [0.15, 0.2) is 5.82 Å². The fraction of sp³-hybridized carbons (Fsp3) is 0.476. The third kappa shape index (κ3) is 4.91. The van der Waals surface area contributed by atoms with Gasteiger partial charge < -0.3 is 15.6 Å². The van der Waals surface area contributed by atoms with Crippen molar-refractivity contribution in [2.45, 2.75) is 52.0 Å². The summed E-state index contributed by atoms with van der Waals surface area (Å²) >= 11 is 0. The topological polar surface area (TPSA) is 119 Å². The predicted molar refractivity (Wildman–Crippen MR) is 114 cm³/mol. The van der Waals surface area contributed by atoms with Crippen LogP contribution in [0.1, 0.15) is 61.6 Å². The maximum absolute atomic E-state index is 5.92. The number of nitrogens with zero attached hydrogens (tertiary/aromatic N) is 6. The normalized spacial score (nSPS) is 15.6. The Morgan fingerprint density at radius 2 is 1.97 bits per heavy atom. The summed E-state index contributed by atoms with van der Waals surface area (Å²) in [7, 11) is 0. The fourth-order valence-corrected chi connectivity index (χ4v) is 3.60. The van der Waals surface area contributed by atoms with Gasteiger partial charge in [0, 0.05) is 17.5 Å². The van der Waals surface area contributed by atoms with E-state index in [2.05, 4.69) is 49.2 Å². The fourth-order valence-electron chi connectivity index (χ4n) is 3.60. The van der Waals surface area contributed by atoms with E-state index in [4.69, 9.17) is 10.3 Å². The van der Waals surface area contributed by atoms with Gasteiger partial charge in [0.1, 0.15) is 5.82 Å². The Bertz CT molecular complexity index is 994. The van der Waals surface area contributed by atoms with Crippen molar-refractivity contribution in [3.05, 3.63) is 47.4 Å². The van der Waals surface area contributed by atoms with Crippen molar-refractivity contribution in [1.29, 1.82) is 0 Å². The van der Waals surface area contributed by atoms with Crippen LogP contribution >= 0.6 is 0 Å². The number of aryl methyl sites for hydroxylation is 1. The lowest BCUT2D eigenvalue weighted by molar-refractivity contribution is 0.184. The number of aromatic nitrogens is 5. The van der Waals surface area contributed by atoms with E-state index in [-0.39, 0.29) is 11.9 Å². The molecule has 0 atom stereocenters. The van der Waals surface area contributed by atoms with Crippen LogP contribution in [0.5, 0.6) is 0 Å². The molecular formula is C21H28N8O. The molecule has 4 rings (SSSR count). The van der Waals surface area contributed by atoms with Crippen molar-refractivity contribution in [1.82, 2.24) is 30.0 Å². The average Bonchev–Trinajstić information content (AvgIpc) is 3.19. The highest BCUT2D eigenvalue weighted by Gasteiger charge is 2.26. The molecule has 0 bridgehead atoms. The van der Waals surface area contributed by atoms with Crippen LogP contribution in [-0.4, -0.2) is 43.1 Å². The van der Waals surface area contributed by atoms with Gasteiger partial charge in [0.25, 0.3) is 0 Å². The summed E-state index contributed by atoms with van der Waals surface area (Å²) in [6, 6.07) is 8.03. The lowest BCUT2D eigenvalue weighted by Crippen LogP contribution is -2.33. The summed E-state index contributed by atoms with van der Waals surface area (Å²) < 4.78 is 5.48. The first-order valence-corrected chi connectivity index (χ1v) is 10.4. The molecule has 1 aromatic carbocycles. The van der Waals surface area contributed by atoms with Crippen LogP contribution in [0, 0.1) is 6.92 Å². The van der Waals surface area contributed by atoms with Crippen molar-refractivity contribution in [2.24, 2.45) is 0 Å². The standard InChI is InChI=1S/C21H28N8O/c1-13(2)18-26-19(30-28-18)15-7-9-29(10-8-15)12-17-24-20(22)27-21(25-17)23-16-6-4-5-14(3)11-16/h4-6,11,13,15H,7-10,12H2,1-3H3,(H3,22,23,24,25,27). The van der Waals surface area contributed by atoms with Gasteiger partial charge in [-0.05, 0) is 50.6 Å². The van der Waals surface area contributed by atoms with E-state index in [1.165, 1.54) is 0 Å². The molecule has 9 nitrogen and oxygen atoms in total. The quantitative estimate of drug-likeness (QED) is 0.632. The number of piperidine rings is 1. The number of rotatable bonds is 6. The lowest BCUT2D eigenvalue weighted by atomic mass is 9.97. The van der Waals surface area contributed by atoms with Gasteiger partial charge in [-0.15, -0.1) is 0 Å². The highest BCUT2D eigenvalue weighted by molar-refractivity contribution is 5.54. The van der Waals surface area contributed by atoms with E-state index in [1.807, 2.05) is 31.2 Å². The molecule has 3 N–H and O–H groups in total. The zero-order valence-corrected chi connectivity index (χ0v) is 17.7. The molecule has 1 saturated heterocycles. The second-order valence-electron chi connectivity index (χ2n) is 8.12. The van der Waals surface area contributed by atoms with Crippen LogP contribution in [0.3, 0.4) is 0 Å². The minimum Gasteiger partial charge on any atom is -0.368 e. The van der Waals surface area contributed by atoms with E-state index in [1.54, 1.807) is 0 Å². The van der Waals surface area contributed by atoms with Gasteiger partial charge in [-0.2, -0.15) is 19.9 Å². The summed E-state index contributed by atoms with van der Waals surface area (Å²) in [5, 5.41) is 7.30. The molecule has 158 valence electrons. The number of likely N-dealkylation sites (tertiary alicyclic amines) is 1. The van der Waals surface area contributed by atoms with E-state index >= 15 is 0 Å². The number of hydrogen-bond donors (Lipinski definition) is 2. The van der Waals surface area contributed by atoms with Crippen LogP contribution < -0.4 is 11.1 Å². The number of benzene rings is 1. The van der Waals surface area contributed by atoms with Crippen LogP contribution in [-0.2, 0) is 6.54 Å². The zero-order chi connectivity index (χ0) is 21.1. The van der Waals surface area contributed by atoms with E-state index in [0.29, 0.717) is 24.2 Å². The third-order valence-electron chi connectivity index (χ3n) is 5.25. The highest BCUT2D eigenvalue weighted by atomic mass is 16.5. The molecule has 9 heteroatoms. The van der Waals surface area contributed by atoms with E-state index in [0.717, 1.165) is 48.9 Å². The summed E-state index contributed by atoms with van der Waals surface area (Å²) in [5.41, 5.74) is 8.01. The molecule has 3 heterocycles. The maximum atomic E-state index is 5.92. The molecule has 0 aliphatic carbocycles. The van der Waals surface area contributed by atoms with E-state index < -0.39 is 0 Å². The van der Waals surface area contributed by atoms with Gasteiger partial charge in [0.05, 0.1) is 6.54 Å². The average molecular weight is 409 g/mol. The van der Waals surface area contributed by atoms with Crippen molar-refractivity contribution in [3.63, 3.8) is 0 Å². The molecule has 0 spiro atoms. The molecule has 2 aromatic heterocycles. The Balaban J connectivity index is 1.37. The summed E-state index contributed by atoms with van der Waals surface area (Å²) in [6.07, 6.45) is 1.93. The second-order valence-corrected chi connectivity index (χ2v) is 8.12. The number of nitrogens with two attached hydrogens (primary N) is 1. The molecule has 1 fully saturated rings. The summed E-state index contributed by atoms with van der Waals surface area (Å²) in [6.45, 7) is 8.63. The monoisotopic (exact) mass is 408 g/mol. The largest absolute Gasteiger partial charge is 0.368 e. The van der Waals surface area contributed by atoms with Crippen molar-refractivity contribution in [2.75, 3.05) is 24.1 Å².